The third-order valence-electron chi connectivity index (χ3n) is 3.57. The largest absolute Gasteiger partial charge is 0.342 e. The zero-order chi connectivity index (χ0) is 13.0. The van der Waals surface area contributed by atoms with Crippen molar-refractivity contribution in [3.63, 3.8) is 0 Å². The lowest BCUT2D eigenvalue weighted by Gasteiger charge is -2.30. The molecule has 1 unspecified atom stereocenters. The fourth-order valence-corrected chi connectivity index (χ4v) is 2.54. The van der Waals surface area contributed by atoms with Crippen LogP contribution in [0.4, 0.5) is 0 Å². The summed E-state index contributed by atoms with van der Waals surface area (Å²) >= 11 is 0. The SMILES string of the molecule is CCCN(CC)C(=O)C1Cc2ccccc2CN1. The van der Waals surface area contributed by atoms with Crippen molar-refractivity contribution in [2.45, 2.75) is 39.3 Å². The Morgan fingerprint density at radius 1 is 1.33 bits per heavy atom. The lowest BCUT2D eigenvalue weighted by Crippen LogP contribution is -2.49. The van der Waals surface area contributed by atoms with Crippen LogP contribution < -0.4 is 5.32 Å². The molecule has 1 aliphatic heterocycles. The van der Waals surface area contributed by atoms with Crippen LogP contribution in [0.1, 0.15) is 31.4 Å². The molecule has 1 aromatic rings. The monoisotopic (exact) mass is 246 g/mol. The minimum atomic E-state index is -0.0496. The molecule has 0 fully saturated rings. The van der Waals surface area contributed by atoms with E-state index in [1.165, 1.54) is 11.1 Å². The molecule has 1 heterocycles. The van der Waals surface area contributed by atoms with E-state index in [1.54, 1.807) is 0 Å². The fraction of sp³-hybridized carbons (Fsp3) is 0.533. The molecule has 1 atom stereocenters. The topological polar surface area (TPSA) is 32.3 Å². The summed E-state index contributed by atoms with van der Waals surface area (Å²) in [7, 11) is 0. The maximum absolute atomic E-state index is 12.4. The first kappa shape index (κ1) is 13.1. The highest BCUT2D eigenvalue weighted by molar-refractivity contribution is 5.82. The van der Waals surface area contributed by atoms with E-state index in [-0.39, 0.29) is 11.9 Å². The van der Waals surface area contributed by atoms with E-state index in [0.29, 0.717) is 0 Å². The lowest BCUT2D eigenvalue weighted by atomic mass is 9.95. The predicted octanol–water partition coefficient (Wildman–Crippen LogP) is 1.96. The van der Waals surface area contributed by atoms with E-state index in [2.05, 4.69) is 36.5 Å². The van der Waals surface area contributed by atoms with E-state index < -0.39 is 0 Å². The minimum Gasteiger partial charge on any atom is -0.342 e. The van der Waals surface area contributed by atoms with Crippen LogP contribution in [0.5, 0.6) is 0 Å². The summed E-state index contributed by atoms with van der Waals surface area (Å²) in [6.07, 6.45) is 1.83. The summed E-state index contributed by atoms with van der Waals surface area (Å²) in [6, 6.07) is 8.32. The van der Waals surface area contributed by atoms with Gasteiger partial charge < -0.3 is 10.2 Å². The van der Waals surface area contributed by atoms with Gasteiger partial charge in [0.25, 0.3) is 0 Å². The van der Waals surface area contributed by atoms with Crippen LogP contribution in [0.3, 0.4) is 0 Å². The average Bonchev–Trinajstić information content (AvgIpc) is 2.43. The van der Waals surface area contributed by atoms with Crippen LogP contribution in [-0.4, -0.2) is 29.9 Å². The van der Waals surface area contributed by atoms with E-state index >= 15 is 0 Å². The van der Waals surface area contributed by atoms with Gasteiger partial charge in [-0.1, -0.05) is 31.2 Å². The number of hydrogen-bond donors (Lipinski definition) is 1. The molecule has 0 spiro atoms. The summed E-state index contributed by atoms with van der Waals surface area (Å²) in [4.78, 5) is 14.3. The van der Waals surface area contributed by atoms with Gasteiger partial charge in [0, 0.05) is 19.6 Å². The molecule has 2 rings (SSSR count). The van der Waals surface area contributed by atoms with Crippen molar-refractivity contribution in [2.24, 2.45) is 0 Å². The van der Waals surface area contributed by atoms with Gasteiger partial charge in [-0.15, -0.1) is 0 Å². The summed E-state index contributed by atoms with van der Waals surface area (Å²) in [5.41, 5.74) is 2.63. The number of benzene rings is 1. The number of amides is 1. The smallest absolute Gasteiger partial charge is 0.240 e. The second-order valence-electron chi connectivity index (χ2n) is 4.82. The summed E-state index contributed by atoms with van der Waals surface area (Å²) in [5.74, 6) is 0.244. The van der Waals surface area contributed by atoms with Crippen LogP contribution >= 0.6 is 0 Å². The zero-order valence-electron chi connectivity index (χ0n) is 11.3. The Bertz CT molecular complexity index is 417. The first-order chi connectivity index (χ1) is 8.76. The fourth-order valence-electron chi connectivity index (χ4n) is 2.54. The molecule has 18 heavy (non-hydrogen) atoms. The first-order valence-corrected chi connectivity index (χ1v) is 6.85. The molecule has 0 aromatic heterocycles. The van der Waals surface area contributed by atoms with Crippen LogP contribution in [-0.2, 0) is 17.8 Å². The maximum atomic E-state index is 12.4. The lowest BCUT2D eigenvalue weighted by molar-refractivity contribution is -0.133. The number of nitrogens with zero attached hydrogens (tertiary/aromatic N) is 1. The molecule has 1 aromatic carbocycles. The van der Waals surface area contributed by atoms with Crippen LogP contribution in [0.25, 0.3) is 0 Å². The van der Waals surface area contributed by atoms with Crippen LogP contribution in [0.2, 0.25) is 0 Å². The molecule has 1 aliphatic rings. The van der Waals surface area contributed by atoms with Gasteiger partial charge in [-0.25, -0.2) is 0 Å². The highest BCUT2D eigenvalue weighted by Gasteiger charge is 2.26. The second kappa shape index (κ2) is 6.01. The standard InChI is InChI=1S/C15H22N2O/c1-3-9-17(4-2)15(18)14-10-12-7-5-6-8-13(12)11-16-14/h5-8,14,16H,3-4,9-11H2,1-2H3. The third kappa shape index (κ3) is 2.72. The predicted molar refractivity (Wildman–Crippen MR) is 73.3 cm³/mol. The Balaban J connectivity index is 2.06. The molecule has 0 radical (unpaired) electrons. The number of hydrogen-bond acceptors (Lipinski definition) is 2. The van der Waals surface area contributed by atoms with Crippen molar-refractivity contribution in [1.82, 2.24) is 10.2 Å². The zero-order valence-corrected chi connectivity index (χ0v) is 11.3. The van der Waals surface area contributed by atoms with Crippen molar-refractivity contribution >= 4 is 5.91 Å². The van der Waals surface area contributed by atoms with Gasteiger partial charge >= 0.3 is 0 Å². The van der Waals surface area contributed by atoms with Gasteiger partial charge in [0.15, 0.2) is 0 Å². The van der Waals surface area contributed by atoms with Crippen molar-refractivity contribution in [1.29, 1.82) is 0 Å². The molecule has 0 bridgehead atoms. The van der Waals surface area contributed by atoms with Crippen molar-refractivity contribution < 1.29 is 4.79 Å². The van der Waals surface area contributed by atoms with Crippen LogP contribution in [0.15, 0.2) is 24.3 Å². The third-order valence-corrected chi connectivity index (χ3v) is 3.57. The number of likely N-dealkylation sites (N-methyl/N-ethyl adjacent to an activating group) is 1. The van der Waals surface area contributed by atoms with E-state index in [9.17, 15) is 4.79 Å². The normalized spacial score (nSPS) is 18.2. The molecule has 98 valence electrons. The van der Waals surface area contributed by atoms with E-state index in [4.69, 9.17) is 0 Å². The quantitative estimate of drug-likeness (QED) is 0.881. The van der Waals surface area contributed by atoms with E-state index in [0.717, 1.165) is 32.5 Å². The molecular formula is C15H22N2O. The van der Waals surface area contributed by atoms with Crippen molar-refractivity contribution in [2.75, 3.05) is 13.1 Å². The first-order valence-electron chi connectivity index (χ1n) is 6.85. The summed E-state index contributed by atoms with van der Waals surface area (Å²) in [6.45, 7) is 6.61. The van der Waals surface area contributed by atoms with Gasteiger partial charge in [-0.05, 0) is 30.9 Å². The molecule has 0 saturated heterocycles. The van der Waals surface area contributed by atoms with E-state index in [1.807, 2.05) is 11.8 Å². The number of carbonyl (C=O) groups is 1. The molecule has 3 heteroatoms. The Hall–Kier alpha value is -1.35. The minimum absolute atomic E-state index is 0.0496. The highest BCUT2D eigenvalue weighted by Crippen LogP contribution is 2.17. The Labute approximate surface area is 109 Å². The molecule has 1 N–H and O–H groups in total. The number of fused-ring (bicyclic) bond motifs is 1. The van der Waals surface area contributed by atoms with Gasteiger partial charge in [-0.2, -0.15) is 0 Å². The van der Waals surface area contributed by atoms with Crippen molar-refractivity contribution in [3.8, 4) is 0 Å². The molecular weight excluding hydrogens is 224 g/mol. The number of rotatable bonds is 4. The van der Waals surface area contributed by atoms with Gasteiger partial charge in [0.1, 0.15) is 0 Å². The van der Waals surface area contributed by atoms with Crippen molar-refractivity contribution in [3.05, 3.63) is 35.4 Å². The average molecular weight is 246 g/mol. The summed E-state index contributed by atoms with van der Waals surface area (Å²) in [5, 5.41) is 3.36. The number of nitrogens with one attached hydrogen (secondary N) is 1. The molecule has 1 amide bonds. The summed E-state index contributed by atoms with van der Waals surface area (Å²) < 4.78 is 0. The van der Waals surface area contributed by atoms with Gasteiger partial charge in [-0.3, -0.25) is 4.79 Å². The molecule has 0 aliphatic carbocycles. The number of carbonyl (C=O) groups excluding carboxylic acids is 1. The Morgan fingerprint density at radius 3 is 2.72 bits per heavy atom. The van der Waals surface area contributed by atoms with Crippen LogP contribution in [0, 0.1) is 0 Å². The van der Waals surface area contributed by atoms with Gasteiger partial charge in [0.2, 0.25) is 5.91 Å². The molecule has 0 saturated carbocycles. The maximum Gasteiger partial charge on any atom is 0.240 e. The Morgan fingerprint density at radius 2 is 2.06 bits per heavy atom. The Kier molecular flexibility index (Phi) is 4.37. The second-order valence-corrected chi connectivity index (χ2v) is 4.82. The van der Waals surface area contributed by atoms with Gasteiger partial charge in [0.05, 0.1) is 6.04 Å². The molecule has 3 nitrogen and oxygen atoms in total. The highest BCUT2D eigenvalue weighted by atomic mass is 16.2.